The molecular formula is C18H23N2O5-. The van der Waals surface area contributed by atoms with Crippen LogP contribution in [-0.4, -0.2) is 36.7 Å². The van der Waals surface area contributed by atoms with E-state index in [1.54, 1.807) is 51.0 Å². The van der Waals surface area contributed by atoms with E-state index in [1.165, 1.54) is 0 Å². The summed E-state index contributed by atoms with van der Waals surface area (Å²) >= 11 is 0. The second-order valence-electron chi connectivity index (χ2n) is 5.98. The normalized spacial score (nSPS) is 13.3. The van der Waals surface area contributed by atoms with Crippen molar-refractivity contribution in [3.05, 3.63) is 23.9 Å². The number of amides is 1. The molecule has 2 aromatic rings. The van der Waals surface area contributed by atoms with Gasteiger partial charge in [0.05, 0.1) is 31.7 Å². The average molecular weight is 347 g/mol. The zero-order valence-electron chi connectivity index (χ0n) is 15.1. The Kier molecular flexibility index (Phi) is 5.56. The first kappa shape index (κ1) is 18.6. The largest absolute Gasteiger partial charge is 0.548 e. The Labute approximate surface area is 146 Å². The van der Waals surface area contributed by atoms with Crippen LogP contribution < -0.4 is 19.9 Å². The van der Waals surface area contributed by atoms with Gasteiger partial charge < -0.3 is 29.3 Å². The van der Waals surface area contributed by atoms with E-state index < -0.39 is 17.9 Å². The number of rotatable bonds is 7. The van der Waals surface area contributed by atoms with Crippen molar-refractivity contribution >= 4 is 22.8 Å². The number of hydrogen-bond donors (Lipinski definition) is 1. The lowest BCUT2D eigenvalue weighted by Crippen LogP contribution is -2.51. The van der Waals surface area contributed by atoms with Crippen molar-refractivity contribution in [3.63, 3.8) is 0 Å². The highest BCUT2D eigenvalue weighted by atomic mass is 16.5. The van der Waals surface area contributed by atoms with Gasteiger partial charge in [0.1, 0.15) is 17.2 Å². The van der Waals surface area contributed by atoms with E-state index in [4.69, 9.17) is 9.47 Å². The number of carboxylic acids is 1. The lowest BCUT2D eigenvalue weighted by atomic mass is 9.99. The Morgan fingerprint density at radius 3 is 2.36 bits per heavy atom. The molecule has 25 heavy (non-hydrogen) atoms. The molecule has 0 radical (unpaired) electrons. The molecule has 7 heteroatoms. The zero-order chi connectivity index (χ0) is 18.7. The van der Waals surface area contributed by atoms with Gasteiger partial charge in [-0.3, -0.25) is 4.79 Å². The van der Waals surface area contributed by atoms with E-state index in [0.717, 1.165) is 0 Å². The Morgan fingerprint density at radius 1 is 1.24 bits per heavy atom. The summed E-state index contributed by atoms with van der Waals surface area (Å²) in [5, 5.41) is 14.6. The standard InChI is InChI=1S/C18H24N2O5/c1-6-10(2)15(18(22)23)19-17(21)12-9-11-13(24-4)7-8-14(25-5)16(11)20(12)3/h7-10,15H,6H2,1-5H3,(H,19,21)(H,22,23)/p-1/t10-,15+/m1/s1. The fourth-order valence-electron chi connectivity index (χ4n) is 2.85. The molecular weight excluding hydrogens is 324 g/mol. The molecule has 0 bridgehead atoms. The van der Waals surface area contributed by atoms with Crippen LogP contribution in [0.1, 0.15) is 30.8 Å². The average Bonchev–Trinajstić information content (AvgIpc) is 2.95. The van der Waals surface area contributed by atoms with Gasteiger partial charge in [-0.15, -0.1) is 0 Å². The number of benzene rings is 1. The molecule has 0 fully saturated rings. The van der Waals surface area contributed by atoms with Crippen molar-refractivity contribution in [2.45, 2.75) is 26.3 Å². The Morgan fingerprint density at radius 2 is 1.84 bits per heavy atom. The summed E-state index contributed by atoms with van der Waals surface area (Å²) in [4.78, 5) is 24.0. The molecule has 2 atom stereocenters. The summed E-state index contributed by atoms with van der Waals surface area (Å²) in [7, 11) is 4.81. The second-order valence-corrected chi connectivity index (χ2v) is 5.98. The molecule has 0 aliphatic rings. The van der Waals surface area contributed by atoms with Gasteiger partial charge in [-0.2, -0.15) is 0 Å². The number of aryl methyl sites for hydroxylation is 1. The van der Waals surface area contributed by atoms with Gasteiger partial charge in [0.15, 0.2) is 0 Å². The number of methoxy groups -OCH3 is 2. The van der Waals surface area contributed by atoms with Crippen molar-refractivity contribution in [3.8, 4) is 11.5 Å². The third-order valence-electron chi connectivity index (χ3n) is 4.54. The summed E-state index contributed by atoms with van der Waals surface area (Å²) in [6, 6.07) is 4.12. The molecule has 1 N–H and O–H groups in total. The lowest BCUT2D eigenvalue weighted by molar-refractivity contribution is -0.309. The molecule has 0 aliphatic carbocycles. The smallest absolute Gasteiger partial charge is 0.268 e. The van der Waals surface area contributed by atoms with E-state index in [0.29, 0.717) is 34.5 Å². The number of fused-ring (bicyclic) bond motifs is 1. The monoisotopic (exact) mass is 347 g/mol. The van der Waals surface area contributed by atoms with Crippen molar-refractivity contribution in [2.75, 3.05) is 14.2 Å². The highest BCUT2D eigenvalue weighted by molar-refractivity contribution is 6.03. The molecule has 7 nitrogen and oxygen atoms in total. The van der Waals surface area contributed by atoms with Gasteiger partial charge in [-0.25, -0.2) is 0 Å². The number of carboxylic acid groups (broad SMARTS) is 1. The number of aliphatic carboxylic acids is 1. The molecule has 2 rings (SSSR count). The predicted octanol–water partition coefficient (Wildman–Crippen LogP) is 1.09. The summed E-state index contributed by atoms with van der Waals surface area (Å²) in [5.41, 5.74) is 1.01. The summed E-state index contributed by atoms with van der Waals surface area (Å²) < 4.78 is 12.4. The van der Waals surface area contributed by atoms with Crippen molar-refractivity contribution in [1.29, 1.82) is 0 Å². The Hall–Kier alpha value is -2.70. The van der Waals surface area contributed by atoms with Gasteiger partial charge in [0, 0.05) is 12.4 Å². The van der Waals surface area contributed by atoms with Crippen LogP contribution in [0.3, 0.4) is 0 Å². The minimum Gasteiger partial charge on any atom is -0.548 e. The van der Waals surface area contributed by atoms with Crippen molar-refractivity contribution in [1.82, 2.24) is 9.88 Å². The third-order valence-corrected chi connectivity index (χ3v) is 4.54. The number of nitrogens with one attached hydrogen (secondary N) is 1. The van der Waals surface area contributed by atoms with Crippen LogP contribution in [0.5, 0.6) is 11.5 Å². The Balaban J connectivity index is 2.48. The minimum absolute atomic E-state index is 0.243. The van der Waals surface area contributed by atoms with Crippen molar-refractivity contribution in [2.24, 2.45) is 13.0 Å². The van der Waals surface area contributed by atoms with Crippen LogP contribution in [0, 0.1) is 5.92 Å². The topological polar surface area (TPSA) is 92.6 Å². The van der Waals surface area contributed by atoms with E-state index in [-0.39, 0.29) is 5.92 Å². The number of hydrogen-bond acceptors (Lipinski definition) is 5. The molecule has 0 aliphatic heterocycles. The van der Waals surface area contributed by atoms with Crippen LogP contribution in [-0.2, 0) is 11.8 Å². The number of ether oxygens (including phenoxy) is 2. The van der Waals surface area contributed by atoms with Crippen LogP contribution in [0.15, 0.2) is 18.2 Å². The third kappa shape index (κ3) is 3.40. The van der Waals surface area contributed by atoms with E-state index >= 15 is 0 Å². The highest BCUT2D eigenvalue weighted by Crippen LogP contribution is 2.35. The summed E-state index contributed by atoms with van der Waals surface area (Å²) in [5.74, 6) is -0.832. The predicted molar refractivity (Wildman–Crippen MR) is 91.7 cm³/mol. The zero-order valence-corrected chi connectivity index (χ0v) is 15.1. The van der Waals surface area contributed by atoms with Crippen LogP contribution in [0.2, 0.25) is 0 Å². The number of carbonyl (C=O) groups is 2. The lowest BCUT2D eigenvalue weighted by Gasteiger charge is -2.25. The number of aromatic nitrogens is 1. The maximum absolute atomic E-state index is 12.7. The first-order valence-corrected chi connectivity index (χ1v) is 8.07. The first-order valence-electron chi connectivity index (χ1n) is 8.07. The first-order chi connectivity index (χ1) is 11.8. The van der Waals surface area contributed by atoms with Crippen molar-refractivity contribution < 1.29 is 24.2 Å². The minimum atomic E-state index is -1.29. The number of nitrogens with zero attached hydrogens (tertiary/aromatic N) is 1. The van der Waals surface area contributed by atoms with Gasteiger partial charge in [0.2, 0.25) is 0 Å². The highest BCUT2D eigenvalue weighted by Gasteiger charge is 2.24. The van der Waals surface area contributed by atoms with Crippen LogP contribution in [0.25, 0.3) is 10.9 Å². The molecule has 1 heterocycles. The maximum Gasteiger partial charge on any atom is 0.268 e. The molecule has 0 unspecified atom stereocenters. The molecule has 1 amide bonds. The molecule has 136 valence electrons. The fraction of sp³-hybridized carbons (Fsp3) is 0.444. The summed E-state index contributed by atoms with van der Waals surface area (Å²) in [6.45, 7) is 3.62. The van der Waals surface area contributed by atoms with Gasteiger partial charge >= 0.3 is 0 Å². The van der Waals surface area contributed by atoms with E-state index in [1.807, 2.05) is 6.92 Å². The van der Waals surface area contributed by atoms with Gasteiger partial charge in [-0.05, 0) is 24.1 Å². The van der Waals surface area contributed by atoms with Crippen LogP contribution >= 0.6 is 0 Å². The molecule has 0 saturated heterocycles. The molecule has 1 aromatic carbocycles. The Bertz CT molecular complexity index is 796. The van der Waals surface area contributed by atoms with Gasteiger partial charge in [0.25, 0.3) is 5.91 Å². The SMILES string of the molecule is CC[C@@H](C)[C@H](NC(=O)c1cc2c(OC)ccc(OC)c2n1C)C(=O)[O-]. The molecule has 0 spiro atoms. The van der Waals surface area contributed by atoms with Gasteiger partial charge in [-0.1, -0.05) is 20.3 Å². The fourth-order valence-corrected chi connectivity index (χ4v) is 2.85. The van der Waals surface area contributed by atoms with Crippen LogP contribution in [0.4, 0.5) is 0 Å². The molecule has 0 saturated carbocycles. The maximum atomic E-state index is 12.7. The quantitative estimate of drug-likeness (QED) is 0.809. The summed E-state index contributed by atoms with van der Waals surface area (Å²) in [6.07, 6.45) is 0.607. The van der Waals surface area contributed by atoms with E-state index in [2.05, 4.69) is 5.32 Å². The molecule has 1 aromatic heterocycles. The number of carbonyl (C=O) groups excluding carboxylic acids is 2. The van der Waals surface area contributed by atoms with E-state index in [9.17, 15) is 14.7 Å². The second kappa shape index (κ2) is 7.46.